The third-order valence-electron chi connectivity index (χ3n) is 3.48. The van der Waals surface area contributed by atoms with E-state index in [0.29, 0.717) is 18.6 Å². The zero-order valence-corrected chi connectivity index (χ0v) is 10.5. The van der Waals surface area contributed by atoms with Gasteiger partial charge in [0.25, 0.3) is 0 Å². The molecule has 1 aliphatic rings. The van der Waals surface area contributed by atoms with Crippen molar-refractivity contribution in [2.75, 3.05) is 6.61 Å². The summed E-state index contributed by atoms with van der Waals surface area (Å²) < 4.78 is 56.2. The molecule has 1 saturated carbocycles. The molecule has 0 saturated heterocycles. The molecule has 1 fully saturated rings. The fraction of sp³-hybridized carbons (Fsp3) is 0.538. The topological polar surface area (TPSA) is 9.23 Å². The van der Waals surface area contributed by atoms with Gasteiger partial charge >= 0.3 is 6.98 Å². The van der Waals surface area contributed by atoms with Crippen LogP contribution in [0, 0.1) is 11.7 Å². The maximum absolute atomic E-state index is 13.2. The Labute approximate surface area is 110 Å². The molecule has 1 aromatic carbocycles. The number of hydrogen-bond acceptors (Lipinski definition) is 1. The molecule has 0 aliphatic heterocycles. The molecule has 1 nitrogen and oxygen atoms in total. The van der Waals surface area contributed by atoms with Crippen molar-refractivity contribution in [2.24, 2.45) is 5.92 Å². The van der Waals surface area contributed by atoms with Crippen molar-refractivity contribution in [2.45, 2.75) is 32.1 Å². The van der Waals surface area contributed by atoms with Crippen LogP contribution in [0.25, 0.3) is 0 Å². The molecule has 2 rings (SSSR count). The van der Waals surface area contributed by atoms with Gasteiger partial charge in [-0.15, -0.1) is 5.46 Å². The van der Waals surface area contributed by atoms with E-state index >= 15 is 0 Å². The van der Waals surface area contributed by atoms with Gasteiger partial charge in [0, 0.05) is 6.07 Å². The van der Waals surface area contributed by atoms with Gasteiger partial charge in [-0.2, -0.15) is 0 Å². The fourth-order valence-electron chi connectivity index (χ4n) is 2.42. The van der Waals surface area contributed by atoms with E-state index in [0.717, 1.165) is 37.8 Å². The smallest absolute Gasteiger partial charge is 0.493 e. The van der Waals surface area contributed by atoms with E-state index in [1.54, 1.807) is 0 Å². The SMILES string of the molecule is Fc1cc(OCC2CCCCC2)cc([B-](F)(F)F)c1. The van der Waals surface area contributed by atoms with Crippen molar-refractivity contribution in [3.63, 3.8) is 0 Å². The number of benzene rings is 1. The average Bonchev–Trinajstić information content (AvgIpc) is 2.36. The lowest BCUT2D eigenvalue weighted by molar-refractivity contribution is 0.208. The van der Waals surface area contributed by atoms with Gasteiger partial charge in [-0.3, -0.25) is 0 Å². The lowest BCUT2D eigenvalue weighted by atomic mass is 9.80. The van der Waals surface area contributed by atoms with Gasteiger partial charge in [0.05, 0.1) is 6.61 Å². The largest absolute Gasteiger partial charge is 0.509 e. The summed E-state index contributed by atoms with van der Waals surface area (Å²) in [7, 11) is 0. The van der Waals surface area contributed by atoms with Gasteiger partial charge in [-0.1, -0.05) is 25.3 Å². The van der Waals surface area contributed by atoms with Crippen molar-refractivity contribution in [1.82, 2.24) is 0 Å². The molecule has 1 aliphatic carbocycles. The van der Waals surface area contributed by atoms with Crippen LogP contribution < -0.4 is 10.2 Å². The van der Waals surface area contributed by atoms with Crippen molar-refractivity contribution >= 4 is 12.4 Å². The molecule has 0 bridgehead atoms. The summed E-state index contributed by atoms with van der Waals surface area (Å²) in [6.07, 6.45) is 5.54. The zero-order chi connectivity index (χ0) is 13.9. The van der Waals surface area contributed by atoms with Gasteiger partial charge < -0.3 is 17.7 Å². The van der Waals surface area contributed by atoms with E-state index in [9.17, 15) is 17.3 Å². The average molecular weight is 275 g/mol. The van der Waals surface area contributed by atoms with Crippen LogP contribution >= 0.6 is 0 Å². The van der Waals surface area contributed by atoms with Crippen LogP contribution in [0.3, 0.4) is 0 Å². The minimum Gasteiger partial charge on any atom is -0.493 e. The third-order valence-corrected chi connectivity index (χ3v) is 3.48. The van der Waals surface area contributed by atoms with E-state index in [4.69, 9.17) is 4.74 Å². The summed E-state index contributed by atoms with van der Waals surface area (Å²) in [6, 6.07) is 2.40. The molecule has 0 amide bonds. The molecular weight excluding hydrogens is 259 g/mol. The van der Waals surface area contributed by atoms with Gasteiger partial charge in [0.15, 0.2) is 0 Å². The Morgan fingerprint density at radius 3 is 2.37 bits per heavy atom. The van der Waals surface area contributed by atoms with Gasteiger partial charge in [-0.25, -0.2) is 4.39 Å². The first kappa shape index (κ1) is 14.2. The second-order valence-electron chi connectivity index (χ2n) is 5.11. The molecule has 0 spiro atoms. The molecule has 0 radical (unpaired) electrons. The Bertz CT molecular complexity index is 427. The molecule has 0 atom stereocenters. The Morgan fingerprint density at radius 1 is 1.05 bits per heavy atom. The van der Waals surface area contributed by atoms with Crippen LogP contribution in [0.2, 0.25) is 0 Å². The summed E-state index contributed by atoms with van der Waals surface area (Å²) in [5, 5.41) is 0. The fourth-order valence-corrected chi connectivity index (χ4v) is 2.42. The second kappa shape index (κ2) is 5.84. The van der Waals surface area contributed by atoms with Gasteiger partial charge in [-0.05, 0) is 24.8 Å². The molecule has 6 heteroatoms. The summed E-state index contributed by atoms with van der Waals surface area (Å²) in [6.45, 7) is -4.83. The quantitative estimate of drug-likeness (QED) is 0.599. The van der Waals surface area contributed by atoms with Crippen LogP contribution in [0.15, 0.2) is 18.2 Å². The van der Waals surface area contributed by atoms with Crippen LogP contribution in [0.1, 0.15) is 32.1 Å². The van der Waals surface area contributed by atoms with Crippen LogP contribution in [-0.2, 0) is 0 Å². The normalized spacial score (nSPS) is 17.5. The summed E-state index contributed by atoms with van der Waals surface area (Å²) in [5.74, 6) is -0.563. The highest BCUT2D eigenvalue weighted by Gasteiger charge is 2.26. The lowest BCUT2D eigenvalue weighted by Gasteiger charge is -2.22. The summed E-state index contributed by atoms with van der Waals surface area (Å²) >= 11 is 0. The summed E-state index contributed by atoms with van der Waals surface area (Å²) in [4.78, 5) is 0. The minimum atomic E-state index is -5.20. The molecule has 0 aromatic heterocycles. The van der Waals surface area contributed by atoms with E-state index in [-0.39, 0.29) is 5.75 Å². The molecular formula is C13H16BF4O-. The van der Waals surface area contributed by atoms with Crippen LogP contribution in [0.4, 0.5) is 17.3 Å². The Morgan fingerprint density at radius 2 is 1.74 bits per heavy atom. The van der Waals surface area contributed by atoms with Crippen molar-refractivity contribution < 1.29 is 22.1 Å². The minimum absolute atomic E-state index is 0.0280. The highest BCUT2D eigenvalue weighted by molar-refractivity contribution is 6.73. The van der Waals surface area contributed by atoms with Crippen molar-refractivity contribution in [3.05, 3.63) is 24.0 Å². The predicted molar refractivity (Wildman–Crippen MR) is 67.2 cm³/mol. The predicted octanol–water partition coefficient (Wildman–Crippen LogP) is 3.84. The molecule has 0 N–H and O–H groups in total. The molecule has 1 aromatic rings. The molecule has 0 heterocycles. The second-order valence-corrected chi connectivity index (χ2v) is 5.11. The first-order valence-electron chi connectivity index (χ1n) is 6.58. The first-order chi connectivity index (χ1) is 8.95. The maximum atomic E-state index is 13.2. The lowest BCUT2D eigenvalue weighted by Crippen LogP contribution is -2.34. The molecule has 19 heavy (non-hydrogen) atoms. The van der Waals surface area contributed by atoms with E-state index in [1.807, 2.05) is 0 Å². The Hall–Kier alpha value is -1.20. The number of halogens is 4. The van der Waals surface area contributed by atoms with Crippen molar-refractivity contribution in [3.8, 4) is 5.75 Å². The molecule has 106 valence electrons. The van der Waals surface area contributed by atoms with Crippen molar-refractivity contribution in [1.29, 1.82) is 0 Å². The Balaban J connectivity index is 2.01. The monoisotopic (exact) mass is 275 g/mol. The molecule has 0 unspecified atom stereocenters. The number of rotatable bonds is 4. The number of hydrogen-bond donors (Lipinski definition) is 0. The van der Waals surface area contributed by atoms with E-state index in [2.05, 4.69) is 0 Å². The Kier molecular flexibility index (Phi) is 4.37. The van der Waals surface area contributed by atoms with Gasteiger partial charge in [0.1, 0.15) is 11.6 Å². The highest BCUT2D eigenvalue weighted by Crippen LogP contribution is 2.25. The first-order valence-corrected chi connectivity index (χ1v) is 6.58. The summed E-state index contributed by atoms with van der Waals surface area (Å²) in [5.41, 5.74) is -0.946. The van der Waals surface area contributed by atoms with Crippen LogP contribution in [0.5, 0.6) is 5.75 Å². The highest BCUT2D eigenvalue weighted by atomic mass is 19.4. The van der Waals surface area contributed by atoms with E-state index in [1.165, 1.54) is 6.42 Å². The third kappa shape index (κ3) is 4.15. The van der Waals surface area contributed by atoms with Crippen LogP contribution in [-0.4, -0.2) is 13.6 Å². The number of ether oxygens (including phenoxy) is 1. The van der Waals surface area contributed by atoms with E-state index < -0.39 is 18.3 Å². The van der Waals surface area contributed by atoms with Gasteiger partial charge in [0.2, 0.25) is 0 Å². The maximum Gasteiger partial charge on any atom is 0.509 e. The zero-order valence-electron chi connectivity index (χ0n) is 10.5. The standard InChI is InChI=1S/C13H16BF4O/c15-12-6-11(14(16,17)18)7-13(8-12)19-9-10-4-2-1-3-5-10/h6-8,10H,1-5,9H2/q-1.